The lowest BCUT2D eigenvalue weighted by Gasteiger charge is -2.15. The van der Waals surface area contributed by atoms with Gasteiger partial charge in [0.15, 0.2) is 11.6 Å². The SMILES string of the molecule is Cc1cc(C)n(CCCNC(C)c2cccc(F)c2F)n1. The van der Waals surface area contributed by atoms with E-state index in [-0.39, 0.29) is 6.04 Å². The van der Waals surface area contributed by atoms with Crippen LogP contribution in [0, 0.1) is 25.5 Å². The third kappa shape index (κ3) is 3.88. The maximum absolute atomic E-state index is 13.7. The summed E-state index contributed by atoms with van der Waals surface area (Å²) in [6.07, 6.45) is 0.878. The molecule has 0 aliphatic rings. The Morgan fingerprint density at radius 1 is 1.29 bits per heavy atom. The van der Waals surface area contributed by atoms with Gasteiger partial charge in [-0.1, -0.05) is 12.1 Å². The van der Waals surface area contributed by atoms with E-state index in [9.17, 15) is 8.78 Å². The molecule has 21 heavy (non-hydrogen) atoms. The fourth-order valence-corrected chi connectivity index (χ4v) is 2.41. The molecule has 0 radical (unpaired) electrons. The Bertz CT molecular complexity index is 608. The van der Waals surface area contributed by atoms with E-state index in [0.717, 1.165) is 37.0 Å². The number of benzene rings is 1. The van der Waals surface area contributed by atoms with Gasteiger partial charge in [-0.3, -0.25) is 4.68 Å². The summed E-state index contributed by atoms with van der Waals surface area (Å²) >= 11 is 0. The third-order valence-corrected chi connectivity index (χ3v) is 3.55. The number of hydrogen-bond acceptors (Lipinski definition) is 2. The molecule has 0 amide bonds. The minimum absolute atomic E-state index is 0.221. The lowest BCUT2D eigenvalue weighted by molar-refractivity contribution is 0.461. The van der Waals surface area contributed by atoms with Crippen molar-refractivity contribution in [3.63, 3.8) is 0 Å². The van der Waals surface area contributed by atoms with E-state index in [1.54, 1.807) is 6.07 Å². The van der Waals surface area contributed by atoms with Crippen molar-refractivity contribution in [2.24, 2.45) is 0 Å². The predicted octanol–water partition coefficient (Wildman–Crippen LogP) is 3.52. The summed E-state index contributed by atoms with van der Waals surface area (Å²) in [7, 11) is 0. The Morgan fingerprint density at radius 3 is 2.71 bits per heavy atom. The van der Waals surface area contributed by atoms with Gasteiger partial charge in [-0.05, 0) is 45.9 Å². The van der Waals surface area contributed by atoms with Gasteiger partial charge in [0.05, 0.1) is 5.69 Å². The van der Waals surface area contributed by atoms with E-state index in [1.807, 2.05) is 31.5 Å². The standard InChI is InChI=1S/C16H21F2N3/c1-11-10-12(2)21(20-11)9-5-8-19-13(3)14-6-4-7-15(17)16(14)18/h4,6-7,10,13,19H,5,8-9H2,1-3H3. The highest BCUT2D eigenvalue weighted by molar-refractivity contribution is 5.21. The maximum atomic E-state index is 13.7. The van der Waals surface area contributed by atoms with Crippen LogP contribution in [0.15, 0.2) is 24.3 Å². The summed E-state index contributed by atoms with van der Waals surface area (Å²) < 4.78 is 28.8. The zero-order valence-corrected chi connectivity index (χ0v) is 12.7. The second kappa shape index (κ2) is 6.80. The van der Waals surface area contributed by atoms with Crippen molar-refractivity contribution in [3.05, 3.63) is 52.9 Å². The van der Waals surface area contributed by atoms with Crippen LogP contribution >= 0.6 is 0 Å². The zero-order chi connectivity index (χ0) is 15.4. The summed E-state index contributed by atoms with van der Waals surface area (Å²) in [5.74, 6) is -1.57. The summed E-state index contributed by atoms with van der Waals surface area (Å²) in [5, 5.41) is 7.61. The van der Waals surface area contributed by atoms with Crippen molar-refractivity contribution in [1.82, 2.24) is 15.1 Å². The molecule has 3 nitrogen and oxygen atoms in total. The molecule has 0 bridgehead atoms. The number of nitrogens with zero attached hydrogens (tertiary/aromatic N) is 2. The van der Waals surface area contributed by atoms with Gasteiger partial charge < -0.3 is 5.32 Å². The zero-order valence-electron chi connectivity index (χ0n) is 12.7. The Morgan fingerprint density at radius 2 is 2.05 bits per heavy atom. The van der Waals surface area contributed by atoms with Crippen LogP contribution in [-0.4, -0.2) is 16.3 Å². The molecule has 0 spiro atoms. The largest absolute Gasteiger partial charge is 0.310 e. The molecule has 0 saturated carbocycles. The molecule has 1 N–H and O–H groups in total. The van der Waals surface area contributed by atoms with Gasteiger partial charge in [0.25, 0.3) is 0 Å². The van der Waals surface area contributed by atoms with E-state index in [0.29, 0.717) is 5.56 Å². The van der Waals surface area contributed by atoms with Crippen molar-refractivity contribution < 1.29 is 8.78 Å². The molecule has 0 saturated heterocycles. The lowest BCUT2D eigenvalue weighted by atomic mass is 10.1. The first-order chi connectivity index (χ1) is 9.99. The highest BCUT2D eigenvalue weighted by atomic mass is 19.2. The van der Waals surface area contributed by atoms with Crippen LogP contribution < -0.4 is 5.32 Å². The normalized spacial score (nSPS) is 12.6. The van der Waals surface area contributed by atoms with Gasteiger partial charge in [-0.15, -0.1) is 0 Å². The fourth-order valence-electron chi connectivity index (χ4n) is 2.41. The van der Waals surface area contributed by atoms with E-state index >= 15 is 0 Å². The van der Waals surface area contributed by atoms with E-state index in [1.165, 1.54) is 6.07 Å². The van der Waals surface area contributed by atoms with Crippen LogP contribution in [0.2, 0.25) is 0 Å². The summed E-state index contributed by atoms with van der Waals surface area (Å²) in [4.78, 5) is 0. The molecule has 1 atom stereocenters. The third-order valence-electron chi connectivity index (χ3n) is 3.55. The summed E-state index contributed by atoms with van der Waals surface area (Å²) in [5.41, 5.74) is 2.51. The van der Waals surface area contributed by atoms with Crippen molar-refractivity contribution in [1.29, 1.82) is 0 Å². The highest BCUT2D eigenvalue weighted by Crippen LogP contribution is 2.18. The van der Waals surface area contributed by atoms with Gasteiger partial charge in [0, 0.05) is 23.8 Å². The maximum Gasteiger partial charge on any atom is 0.163 e. The predicted molar refractivity (Wildman–Crippen MR) is 79.1 cm³/mol. The van der Waals surface area contributed by atoms with Crippen LogP contribution in [0.3, 0.4) is 0 Å². The molecule has 2 aromatic rings. The average molecular weight is 293 g/mol. The van der Waals surface area contributed by atoms with Crippen molar-refractivity contribution in [3.8, 4) is 0 Å². The molecular weight excluding hydrogens is 272 g/mol. The van der Waals surface area contributed by atoms with Gasteiger partial charge in [0.2, 0.25) is 0 Å². The Balaban J connectivity index is 1.83. The highest BCUT2D eigenvalue weighted by Gasteiger charge is 2.13. The molecule has 114 valence electrons. The van der Waals surface area contributed by atoms with Crippen LogP contribution in [-0.2, 0) is 6.54 Å². The first-order valence-electron chi connectivity index (χ1n) is 7.17. The molecule has 0 aliphatic heterocycles. The second-order valence-electron chi connectivity index (χ2n) is 5.32. The lowest BCUT2D eigenvalue weighted by Crippen LogP contribution is -2.22. The summed E-state index contributed by atoms with van der Waals surface area (Å²) in [6.45, 7) is 7.36. The molecular formula is C16H21F2N3. The quantitative estimate of drug-likeness (QED) is 0.826. The van der Waals surface area contributed by atoms with Gasteiger partial charge in [0.1, 0.15) is 0 Å². The number of nitrogens with one attached hydrogen (secondary N) is 1. The van der Waals surface area contributed by atoms with E-state index in [4.69, 9.17) is 0 Å². The molecule has 1 aromatic heterocycles. The summed E-state index contributed by atoms with van der Waals surface area (Å²) in [6, 6.07) is 6.09. The minimum atomic E-state index is -0.802. The second-order valence-corrected chi connectivity index (χ2v) is 5.32. The van der Waals surface area contributed by atoms with Crippen LogP contribution in [0.25, 0.3) is 0 Å². The molecule has 1 unspecified atom stereocenters. The Kier molecular flexibility index (Phi) is 5.07. The topological polar surface area (TPSA) is 29.9 Å². The van der Waals surface area contributed by atoms with Crippen LogP contribution in [0.5, 0.6) is 0 Å². The molecule has 2 rings (SSSR count). The molecule has 1 aromatic carbocycles. The van der Waals surface area contributed by atoms with Crippen molar-refractivity contribution in [2.45, 2.75) is 39.8 Å². The van der Waals surface area contributed by atoms with Crippen LogP contribution in [0.1, 0.15) is 36.3 Å². The van der Waals surface area contributed by atoms with Crippen molar-refractivity contribution in [2.75, 3.05) is 6.54 Å². The monoisotopic (exact) mass is 293 g/mol. The minimum Gasteiger partial charge on any atom is -0.310 e. The molecule has 1 heterocycles. The number of hydrogen-bond donors (Lipinski definition) is 1. The first-order valence-corrected chi connectivity index (χ1v) is 7.17. The molecule has 0 fully saturated rings. The van der Waals surface area contributed by atoms with Crippen molar-refractivity contribution >= 4 is 0 Å². The Labute approximate surface area is 124 Å². The van der Waals surface area contributed by atoms with Gasteiger partial charge in [-0.25, -0.2) is 8.78 Å². The smallest absolute Gasteiger partial charge is 0.163 e. The number of aryl methyl sites for hydroxylation is 3. The van der Waals surface area contributed by atoms with Gasteiger partial charge >= 0.3 is 0 Å². The van der Waals surface area contributed by atoms with Gasteiger partial charge in [-0.2, -0.15) is 5.10 Å². The average Bonchev–Trinajstić information content (AvgIpc) is 2.76. The number of halogens is 2. The molecule has 5 heteroatoms. The van der Waals surface area contributed by atoms with E-state index < -0.39 is 11.6 Å². The first kappa shape index (κ1) is 15.6. The fraction of sp³-hybridized carbons (Fsp3) is 0.438. The van der Waals surface area contributed by atoms with Crippen LogP contribution in [0.4, 0.5) is 8.78 Å². The Hall–Kier alpha value is -1.75. The molecule has 0 aliphatic carbocycles. The number of rotatable bonds is 6. The number of aromatic nitrogens is 2. The van der Waals surface area contributed by atoms with E-state index in [2.05, 4.69) is 10.4 Å².